The van der Waals surface area contributed by atoms with Crippen molar-refractivity contribution in [1.29, 1.82) is 0 Å². The molecule has 2 heterocycles. The zero-order valence-corrected chi connectivity index (χ0v) is 29.0. The van der Waals surface area contributed by atoms with Gasteiger partial charge in [0.05, 0.1) is 7.11 Å². The number of hydrogen-bond donors (Lipinski definition) is 1. The Hall–Kier alpha value is -3.83. The SMILES string of the molecule is COC(=O)c1c(-c2ccc(Oc3ccccc3)cc2)nc(C(CCO[Si](C)(C)C(C)(C)C)C2CN(C(=O)OC(C)(C)C)C2)n1N. The summed E-state index contributed by atoms with van der Waals surface area (Å²) in [6.45, 7) is 18.1. The van der Waals surface area contributed by atoms with Gasteiger partial charge in [-0.2, -0.15) is 0 Å². The Morgan fingerprint density at radius 1 is 0.978 bits per heavy atom. The highest BCUT2D eigenvalue weighted by atomic mass is 28.4. The van der Waals surface area contributed by atoms with Gasteiger partial charge in [0.2, 0.25) is 0 Å². The molecule has 0 bridgehead atoms. The second-order valence-corrected chi connectivity index (χ2v) is 18.9. The van der Waals surface area contributed by atoms with Crippen LogP contribution in [0, 0.1) is 5.92 Å². The zero-order chi connectivity index (χ0) is 33.2. The molecule has 1 atom stereocenters. The van der Waals surface area contributed by atoms with Crippen LogP contribution in [0.15, 0.2) is 54.6 Å². The first-order chi connectivity index (χ1) is 21.0. The molecule has 1 aliphatic heterocycles. The minimum atomic E-state index is -2.02. The number of carbonyl (C=O) groups excluding carboxylic acids is 2. The molecule has 0 radical (unpaired) electrons. The van der Waals surface area contributed by atoms with Crippen molar-refractivity contribution in [1.82, 2.24) is 14.6 Å². The molecule has 11 heteroatoms. The number of para-hydroxylation sites is 1. The summed E-state index contributed by atoms with van der Waals surface area (Å²) in [5.41, 5.74) is 0.687. The number of likely N-dealkylation sites (tertiary alicyclic amines) is 1. The Bertz CT molecular complexity index is 1470. The Kier molecular flexibility index (Phi) is 10.0. The number of rotatable bonds is 10. The molecular weight excluding hydrogens is 588 g/mol. The number of ether oxygens (including phenoxy) is 3. The highest BCUT2D eigenvalue weighted by molar-refractivity contribution is 6.74. The second kappa shape index (κ2) is 13.3. The van der Waals surface area contributed by atoms with Gasteiger partial charge in [0.25, 0.3) is 0 Å². The minimum Gasteiger partial charge on any atom is -0.464 e. The first kappa shape index (κ1) is 34.0. The van der Waals surface area contributed by atoms with Crippen LogP contribution < -0.4 is 10.6 Å². The number of aromatic nitrogens is 2. The van der Waals surface area contributed by atoms with E-state index in [2.05, 4.69) is 33.9 Å². The molecule has 1 aromatic heterocycles. The lowest BCUT2D eigenvalue weighted by Crippen LogP contribution is -2.54. The highest BCUT2D eigenvalue weighted by Gasteiger charge is 2.42. The molecule has 4 rings (SSSR count). The van der Waals surface area contributed by atoms with Gasteiger partial charge < -0.3 is 29.4 Å². The number of methoxy groups -OCH3 is 1. The van der Waals surface area contributed by atoms with Crippen molar-refractivity contribution in [3.05, 3.63) is 66.1 Å². The van der Waals surface area contributed by atoms with Gasteiger partial charge in [-0.1, -0.05) is 39.0 Å². The number of esters is 1. The van der Waals surface area contributed by atoms with Crippen LogP contribution in [0.3, 0.4) is 0 Å². The van der Waals surface area contributed by atoms with Gasteiger partial charge in [-0.25, -0.2) is 19.2 Å². The van der Waals surface area contributed by atoms with E-state index in [0.717, 1.165) is 5.75 Å². The fourth-order valence-corrected chi connectivity index (χ4v) is 6.05. The molecule has 244 valence electrons. The number of carbonyl (C=O) groups is 2. The van der Waals surface area contributed by atoms with Gasteiger partial charge in [0.1, 0.15) is 28.6 Å². The molecule has 1 aliphatic rings. The van der Waals surface area contributed by atoms with Gasteiger partial charge in [-0.05, 0) is 81.7 Å². The van der Waals surface area contributed by atoms with Gasteiger partial charge >= 0.3 is 12.1 Å². The lowest BCUT2D eigenvalue weighted by atomic mass is 9.83. The predicted octanol–water partition coefficient (Wildman–Crippen LogP) is 7.21. The molecule has 1 fully saturated rings. The van der Waals surface area contributed by atoms with E-state index in [0.29, 0.717) is 48.9 Å². The number of amides is 1. The predicted molar refractivity (Wildman–Crippen MR) is 177 cm³/mol. The van der Waals surface area contributed by atoms with Crippen molar-refractivity contribution in [2.45, 2.75) is 77.6 Å². The van der Waals surface area contributed by atoms with Crippen molar-refractivity contribution >= 4 is 20.4 Å². The Balaban J connectivity index is 1.65. The van der Waals surface area contributed by atoms with Gasteiger partial charge in [0.15, 0.2) is 14.0 Å². The molecule has 2 N–H and O–H groups in total. The third-order valence-corrected chi connectivity index (χ3v) is 13.1. The van der Waals surface area contributed by atoms with Crippen LogP contribution in [-0.4, -0.2) is 67.3 Å². The quantitative estimate of drug-likeness (QED) is 0.141. The molecule has 0 saturated carbocycles. The molecule has 2 aromatic carbocycles. The summed E-state index contributed by atoms with van der Waals surface area (Å²) in [5.74, 6) is 7.85. The normalized spacial score (nSPS) is 14.9. The van der Waals surface area contributed by atoms with Crippen molar-refractivity contribution < 1.29 is 28.2 Å². The fraction of sp³-hybridized carbons (Fsp3) is 0.500. The Morgan fingerprint density at radius 2 is 1.58 bits per heavy atom. The van der Waals surface area contributed by atoms with E-state index in [1.165, 1.54) is 11.8 Å². The van der Waals surface area contributed by atoms with Crippen LogP contribution in [0.5, 0.6) is 11.5 Å². The third-order valence-electron chi connectivity index (χ3n) is 8.58. The van der Waals surface area contributed by atoms with Crippen LogP contribution in [-0.2, 0) is 13.9 Å². The second-order valence-electron chi connectivity index (χ2n) is 14.1. The number of benzene rings is 2. The topological polar surface area (TPSA) is 118 Å². The van der Waals surface area contributed by atoms with E-state index in [1.54, 1.807) is 4.90 Å². The largest absolute Gasteiger partial charge is 0.464 e. The standard InChI is InChI=1S/C34H48N4O6Si/c1-33(2,3)44-32(40)37-21-24(22-37)27(19-20-42-45(8,9)34(4,5)6)30-36-28(29(38(30)35)31(39)41-7)23-15-17-26(18-16-23)43-25-13-11-10-12-14-25/h10-18,24,27H,19-22,35H2,1-9H3. The first-order valence-electron chi connectivity index (χ1n) is 15.4. The van der Waals surface area contributed by atoms with Gasteiger partial charge in [-0.3, -0.25) is 0 Å². The lowest BCUT2D eigenvalue weighted by Gasteiger charge is -2.43. The van der Waals surface area contributed by atoms with Gasteiger partial charge in [-0.15, -0.1) is 0 Å². The van der Waals surface area contributed by atoms with Crippen LogP contribution in [0.1, 0.15) is 70.2 Å². The summed E-state index contributed by atoms with van der Waals surface area (Å²) >= 11 is 0. The maximum Gasteiger partial charge on any atom is 0.410 e. The van der Waals surface area contributed by atoms with Crippen molar-refractivity contribution in [2.75, 3.05) is 32.6 Å². The van der Waals surface area contributed by atoms with Gasteiger partial charge in [0, 0.05) is 37.1 Å². The van der Waals surface area contributed by atoms with Crippen molar-refractivity contribution in [3.63, 3.8) is 0 Å². The van der Waals surface area contributed by atoms with E-state index < -0.39 is 19.9 Å². The maximum atomic E-state index is 13.1. The molecule has 0 aliphatic carbocycles. The van der Waals surface area contributed by atoms with E-state index in [-0.39, 0.29) is 28.7 Å². The van der Waals surface area contributed by atoms with Crippen LogP contribution in [0.4, 0.5) is 4.79 Å². The van der Waals surface area contributed by atoms with E-state index >= 15 is 0 Å². The highest BCUT2D eigenvalue weighted by Crippen LogP contribution is 2.40. The zero-order valence-electron chi connectivity index (χ0n) is 28.0. The Labute approximate surface area is 267 Å². The van der Waals surface area contributed by atoms with Crippen molar-refractivity contribution in [3.8, 4) is 22.8 Å². The van der Waals surface area contributed by atoms with Crippen LogP contribution in [0.2, 0.25) is 18.1 Å². The average molecular weight is 637 g/mol. The summed E-state index contributed by atoms with van der Waals surface area (Å²) in [6, 6.07) is 16.8. The smallest absolute Gasteiger partial charge is 0.410 e. The lowest BCUT2D eigenvalue weighted by molar-refractivity contribution is -0.00681. The molecule has 3 aromatic rings. The monoisotopic (exact) mass is 636 g/mol. The minimum absolute atomic E-state index is 0.0465. The Morgan fingerprint density at radius 3 is 2.13 bits per heavy atom. The first-order valence-corrected chi connectivity index (χ1v) is 18.3. The number of nitrogens with zero attached hydrogens (tertiary/aromatic N) is 3. The number of nitrogens with two attached hydrogens (primary N) is 1. The van der Waals surface area contributed by atoms with E-state index in [9.17, 15) is 9.59 Å². The molecule has 1 amide bonds. The molecule has 0 spiro atoms. The van der Waals surface area contributed by atoms with Crippen LogP contribution >= 0.6 is 0 Å². The van der Waals surface area contributed by atoms with Crippen molar-refractivity contribution in [2.24, 2.45) is 5.92 Å². The fourth-order valence-electron chi connectivity index (χ4n) is 4.99. The number of nitrogen functional groups attached to an aromatic ring is 1. The molecular formula is C34H48N4O6Si. The summed E-state index contributed by atoms with van der Waals surface area (Å²) in [4.78, 5) is 32.5. The summed E-state index contributed by atoms with van der Waals surface area (Å²) in [6.07, 6.45) is 0.275. The van der Waals surface area contributed by atoms with E-state index in [1.807, 2.05) is 75.4 Å². The summed E-state index contributed by atoms with van der Waals surface area (Å²) in [5, 5.41) is 0.0560. The summed E-state index contributed by atoms with van der Waals surface area (Å²) < 4.78 is 24.6. The molecule has 10 nitrogen and oxygen atoms in total. The van der Waals surface area contributed by atoms with E-state index in [4.69, 9.17) is 29.5 Å². The number of hydrogen-bond acceptors (Lipinski definition) is 8. The third kappa shape index (κ3) is 8.07. The maximum absolute atomic E-state index is 13.1. The average Bonchev–Trinajstić information content (AvgIpc) is 3.27. The van der Waals surface area contributed by atoms with Crippen LogP contribution in [0.25, 0.3) is 11.3 Å². The molecule has 45 heavy (non-hydrogen) atoms. The number of imidazole rings is 1. The molecule has 1 unspecified atom stereocenters. The molecule has 1 saturated heterocycles. The summed E-state index contributed by atoms with van der Waals surface area (Å²) in [7, 11) is -0.692.